The maximum atomic E-state index is 4.31. The summed E-state index contributed by atoms with van der Waals surface area (Å²) in [5.74, 6) is 1.07. The topological polar surface area (TPSA) is 24.9 Å². The third kappa shape index (κ3) is 1.42. The van der Waals surface area contributed by atoms with Crippen molar-refractivity contribution in [1.29, 1.82) is 0 Å². The third-order valence-corrected chi connectivity index (χ3v) is 2.39. The lowest BCUT2D eigenvalue weighted by atomic mass is 10.2. The van der Waals surface area contributed by atoms with E-state index in [1.54, 1.807) is 0 Å². The SMILES string of the molecule is Cc1ccnc(NC2CC2)c1C. The fourth-order valence-corrected chi connectivity index (χ4v) is 1.20. The number of nitrogens with zero attached hydrogens (tertiary/aromatic N) is 1. The molecule has 0 radical (unpaired) electrons. The number of hydrogen-bond donors (Lipinski definition) is 1. The number of hydrogen-bond acceptors (Lipinski definition) is 2. The maximum Gasteiger partial charge on any atom is 0.129 e. The number of rotatable bonds is 2. The van der Waals surface area contributed by atoms with Gasteiger partial charge in [0.2, 0.25) is 0 Å². The van der Waals surface area contributed by atoms with Crippen molar-refractivity contribution in [2.24, 2.45) is 0 Å². The predicted octanol–water partition coefficient (Wildman–Crippen LogP) is 2.27. The second-order valence-electron chi connectivity index (χ2n) is 3.52. The Morgan fingerprint density at radius 2 is 2.17 bits per heavy atom. The molecule has 0 amide bonds. The molecular formula is C10H14N2. The van der Waals surface area contributed by atoms with Gasteiger partial charge in [0.05, 0.1) is 0 Å². The molecule has 0 bridgehead atoms. The van der Waals surface area contributed by atoms with Crippen LogP contribution in [0.1, 0.15) is 24.0 Å². The second kappa shape index (κ2) is 2.77. The van der Waals surface area contributed by atoms with E-state index in [0.29, 0.717) is 6.04 Å². The standard InChI is InChI=1S/C10H14N2/c1-7-5-6-11-10(8(7)2)12-9-3-4-9/h5-6,9H,3-4H2,1-2H3,(H,11,12). The number of nitrogens with one attached hydrogen (secondary N) is 1. The summed E-state index contributed by atoms with van der Waals surface area (Å²) >= 11 is 0. The molecule has 0 spiro atoms. The fourth-order valence-electron chi connectivity index (χ4n) is 1.20. The van der Waals surface area contributed by atoms with E-state index in [0.717, 1.165) is 5.82 Å². The van der Waals surface area contributed by atoms with Crippen LogP contribution in [0.4, 0.5) is 5.82 Å². The third-order valence-electron chi connectivity index (χ3n) is 2.39. The Hall–Kier alpha value is -1.05. The van der Waals surface area contributed by atoms with E-state index in [2.05, 4.69) is 24.1 Å². The lowest BCUT2D eigenvalue weighted by molar-refractivity contribution is 1.09. The molecule has 0 aliphatic heterocycles. The van der Waals surface area contributed by atoms with Gasteiger partial charge in [-0.3, -0.25) is 0 Å². The Kier molecular flexibility index (Phi) is 1.75. The van der Waals surface area contributed by atoms with Gasteiger partial charge in [-0.15, -0.1) is 0 Å². The van der Waals surface area contributed by atoms with Crippen molar-refractivity contribution in [1.82, 2.24) is 4.98 Å². The van der Waals surface area contributed by atoms with Crippen LogP contribution >= 0.6 is 0 Å². The van der Waals surface area contributed by atoms with Gasteiger partial charge >= 0.3 is 0 Å². The molecule has 0 atom stereocenters. The van der Waals surface area contributed by atoms with E-state index in [1.807, 2.05) is 12.3 Å². The average Bonchev–Trinajstić information content (AvgIpc) is 2.83. The first-order valence-corrected chi connectivity index (χ1v) is 4.46. The highest BCUT2D eigenvalue weighted by atomic mass is 15.0. The molecule has 1 aromatic rings. The molecule has 64 valence electrons. The van der Waals surface area contributed by atoms with Crippen molar-refractivity contribution >= 4 is 5.82 Å². The van der Waals surface area contributed by atoms with Gasteiger partial charge in [0.25, 0.3) is 0 Å². The largest absolute Gasteiger partial charge is 0.367 e. The van der Waals surface area contributed by atoms with Gasteiger partial charge < -0.3 is 5.32 Å². The van der Waals surface area contributed by atoms with Crippen LogP contribution in [-0.4, -0.2) is 11.0 Å². The first-order valence-electron chi connectivity index (χ1n) is 4.46. The Bertz CT molecular complexity index is 290. The summed E-state index contributed by atoms with van der Waals surface area (Å²) in [7, 11) is 0. The molecule has 1 aliphatic rings. The van der Waals surface area contributed by atoms with Gasteiger partial charge in [-0.25, -0.2) is 4.98 Å². The Morgan fingerprint density at radius 3 is 2.83 bits per heavy atom. The van der Waals surface area contributed by atoms with Crippen LogP contribution in [0.15, 0.2) is 12.3 Å². The summed E-state index contributed by atoms with van der Waals surface area (Å²) < 4.78 is 0. The Labute approximate surface area is 73.0 Å². The summed E-state index contributed by atoms with van der Waals surface area (Å²) in [5.41, 5.74) is 2.59. The lowest BCUT2D eigenvalue weighted by Crippen LogP contribution is -2.05. The summed E-state index contributed by atoms with van der Waals surface area (Å²) in [6.45, 7) is 4.24. The first kappa shape index (κ1) is 7.59. The predicted molar refractivity (Wildman–Crippen MR) is 50.4 cm³/mol. The zero-order valence-electron chi connectivity index (χ0n) is 7.59. The van der Waals surface area contributed by atoms with Gasteiger partial charge in [0.1, 0.15) is 5.82 Å². The molecule has 2 heteroatoms. The molecule has 12 heavy (non-hydrogen) atoms. The van der Waals surface area contributed by atoms with Crippen molar-refractivity contribution in [3.05, 3.63) is 23.4 Å². The Balaban J connectivity index is 2.23. The zero-order valence-corrected chi connectivity index (χ0v) is 7.59. The van der Waals surface area contributed by atoms with Crippen LogP contribution < -0.4 is 5.32 Å². The number of aromatic nitrogens is 1. The zero-order chi connectivity index (χ0) is 8.55. The van der Waals surface area contributed by atoms with Crippen molar-refractivity contribution < 1.29 is 0 Å². The fraction of sp³-hybridized carbons (Fsp3) is 0.500. The van der Waals surface area contributed by atoms with E-state index in [1.165, 1.54) is 24.0 Å². The van der Waals surface area contributed by atoms with Crippen LogP contribution in [0.3, 0.4) is 0 Å². The van der Waals surface area contributed by atoms with Crippen molar-refractivity contribution in [2.75, 3.05) is 5.32 Å². The minimum atomic E-state index is 0.693. The minimum Gasteiger partial charge on any atom is -0.367 e. The normalized spacial score (nSPS) is 16.2. The van der Waals surface area contributed by atoms with Crippen LogP contribution in [0, 0.1) is 13.8 Å². The lowest BCUT2D eigenvalue weighted by Gasteiger charge is -2.08. The van der Waals surface area contributed by atoms with Gasteiger partial charge in [-0.05, 0) is 43.9 Å². The number of pyridine rings is 1. The van der Waals surface area contributed by atoms with Gasteiger partial charge in [-0.2, -0.15) is 0 Å². The monoisotopic (exact) mass is 162 g/mol. The van der Waals surface area contributed by atoms with Crippen molar-refractivity contribution in [2.45, 2.75) is 32.7 Å². The molecule has 2 rings (SSSR count). The number of anilines is 1. The van der Waals surface area contributed by atoms with Crippen LogP contribution in [0.25, 0.3) is 0 Å². The van der Waals surface area contributed by atoms with E-state index in [-0.39, 0.29) is 0 Å². The minimum absolute atomic E-state index is 0.693. The highest BCUT2D eigenvalue weighted by molar-refractivity contribution is 5.48. The number of aryl methyl sites for hydroxylation is 1. The summed E-state index contributed by atoms with van der Waals surface area (Å²) in [6, 6.07) is 2.74. The smallest absolute Gasteiger partial charge is 0.129 e. The summed E-state index contributed by atoms with van der Waals surface area (Å²) in [5, 5.41) is 3.41. The molecule has 1 N–H and O–H groups in total. The average molecular weight is 162 g/mol. The second-order valence-corrected chi connectivity index (χ2v) is 3.52. The van der Waals surface area contributed by atoms with Crippen LogP contribution in [0.5, 0.6) is 0 Å². The van der Waals surface area contributed by atoms with E-state index < -0.39 is 0 Å². The van der Waals surface area contributed by atoms with E-state index in [9.17, 15) is 0 Å². The molecule has 1 saturated carbocycles. The van der Waals surface area contributed by atoms with Gasteiger partial charge in [-0.1, -0.05) is 0 Å². The van der Waals surface area contributed by atoms with Crippen LogP contribution in [0.2, 0.25) is 0 Å². The molecule has 1 fully saturated rings. The highest BCUT2D eigenvalue weighted by Gasteiger charge is 2.21. The molecule has 1 heterocycles. The first-order chi connectivity index (χ1) is 5.77. The summed E-state index contributed by atoms with van der Waals surface area (Å²) in [4.78, 5) is 4.31. The van der Waals surface area contributed by atoms with Crippen molar-refractivity contribution in [3.63, 3.8) is 0 Å². The molecule has 1 aromatic heterocycles. The molecule has 0 unspecified atom stereocenters. The molecule has 0 aromatic carbocycles. The molecular weight excluding hydrogens is 148 g/mol. The van der Waals surface area contributed by atoms with E-state index in [4.69, 9.17) is 0 Å². The molecule has 2 nitrogen and oxygen atoms in total. The van der Waals surface area contributed by atoms with Crippen molar-refractivity contribution in [3.8, 4) is 0 Å². The van der Waals surface area contributed by atoms with Gasteiger partial charge in [0, 0.05) is 12.2 Å². The molecule has 0 saturated heterocycles. The van der Waals surface area contributed by atoms with E-state index >= 15 is 0 Å². The quantitative estimate of drug-likeness (QED) is 0.721. The summed E-state index contributed by atoms with van der Waals surface area (Å²) in [6.07, 6.45) is 4.47. The maximum absolute atomic E-state index is 4.31. The highest BCUT2D eigenvalue weighted by Crippen LogP contribution is 2.25. The Morgan fingerprint density at radius 1 is 1.42 bits per heavy atom. The van der Waals surface area contributed by atoms with Crippen LogP contribution in [-0.2, 0) is 0 Å². The van der Waals surface area contributed by atoms with Gasteiger partial charge in [0.15, 0.2) is 0 Å². The molecule has 1 aliphatic carbocycles.